The predicted octanol–water partition coefficient (Wildman–Crippen LogP) is 3.92. The molecule has 98 valence electrons. The molecule has 1 unspecified atom stereocenters. The van der Waals surface area contributed by atoms with E-state index in [1.54, 1.807) is 24.3 Å². The van der Waals surface area contributed by atoms with Crippen LogP contribution in [0.1, 0.15) is 31.7 Å². The number of carbonyl (C=O) groups excluding carboxylic acids is 1. The third-order valence-corrected chi connectivity index (χ3v) is 3.40. The summed E-state index contributed by atoms with van der Waals surface area (Å²) >= 11 is 5.77. The molecule has 0 heterocycles. The van der Waals surface area contributed by atoms with Gasteiger partial charge in [-0.15, -0.1) is 0 Å². The summed E-state index contributed by atoms with van der Waals surface area (Å²) in [5.41, 5.74) is -0.654. The Kier molecular flexibility index (Phi) is 3.32. The molecule has 0 radical (unpaired) electrons. The summed E-state index contributed by atoms with van der Waals surface area (Å²) in [6, 6.07) is 6.48. The zero-order valence-electron chi connectivity index (χ0n) is 9.88. The van der Waals surface area contributed by atoms with Crippen LogP contribution in [0.15, 0.2) is 24.3 Å². The minimum atomic E-state index is -2.80. The molecular formula is C13H13ClF2O2. The minimum absolute atomic E-state index is 0.126. The summed E-state index contributed by atoms with van der Waals surface area (Å²) in [7, 11) is 0. The van der Waals surface area contributed by atoms with Gasteiger partial charge in [-0.2, -0.15) is 0 Å². The molecule has 18 heavy (non-hydrogen) atoms. The fourth-order valence-electron chi connectivity index (χ4n) is 2.40. The highest BCUT2D eigenvalue weighted by atomic mass is 35.5. The molecule has 1 aromatic carbocycles. The molecule has 5 heteroatoms. The monoisotopic (exact) mass is 274 g/mol. The number of benzene rings is 1. The number of carbonyl (C=O) groups is 1. The van der Waals surface area contributed by atoms with Crippen molar-refractivity contribution in [2.45, 2.75) is 37.7 Å². The quantitative estimate of drug-likeness (QED) is 0.764. The van der Waals surface area contributed by atoms with Crippen molar-refractivity contribution in [3.63, 3.8) is 0 Å². The smallest absolute Gasteiger partial charge is 0.303 e. The first-order valence-corrected chi connectivity index (χ1v) is 6.04. The molecule has 1 fully saturated rings. The summed E-state index contributed by atoms with van der Waals surface area (Å²) in [4.78, 5) is 11.2. The number of halogens is 3. The molecule has 0 bridgehead atoms. The van der Waals surface area contributed by atoms with Gasteiger partial charge in [0.2, 0.25) is 0 Å². The van der Waals surface area contributed by atoms with Crippen LogP contribution in [0.5, 0.6) is 0 Å². The van der Waals surface area contributed by atoms with Gasteiger partial charge in [-0.3, -0.25) is 4.79 Å². The maximum absolute atomic E-state index is 13.4. The molecule has 1 saturated carbocycles. The lowest BCUT2D eigenvalue weighted by Crippen LogP contribution is -2.30. The molecule has 2 nitrogen and oxygen atoms in total. The Balaban J connectivity index is 2.37. The van der Waals surface area contributed by atoms with Crippen molar-refractivity contribution < 1.29 is 18.3 Å². The van der Waals surface area contributed by atoms with Gasteiger partial charge in [0.15, 0.2) is 0 Å². The van der Waals surface area contributed by atoms with E-state index in [9.17, 15) is 13.6 Å². The van der Waals surface area contributed by atoms with E-state index < -0.39 is 23.9 Å². The largest absolute Gasteiger partial charge is 0.454 e. The second-order valence-corrected chi connectivity index (χ2v) is 5.06. The first kappa shape index (κ1) is 13.3. The van der Waals surface area contributed by atoms with Crippen molar-refractivity contribution in [3.8, 4) is 0 Å². The van der Waals surface area contributed by atoms with E-state index >= 15 is 0 Å². The Morgan fingerprint density at radius 3 is 2.33 bits per heavy atom. The maximum Gasteiger partial charge on any atom is 0.303 e. The lowest BCUT2D eigenvalue weighted by Gasteiger charge is -2.29. The van der Waals surface area contributed by atoms with Crippen molar-refractivity contribution in [2.24, 2.45) is 0 Å². The number of hydrogen-bond donors (Lipinski definition) is 0. The van der Waals surface area contributed by atoms with Crippen LogP contribution >= 0.6 is 11.6 Å². The summed E-state index contributed by atoms with van der Waals surface area (Å²) in [6.45, 7) is 1.23. The van der Waals surface area contributed by atoms with Crippen LogP contribution in [0.2, 0.25) is 5.02 Å². The Morgan fingerprint density at radius 2 is 1.89 bits per heavy atom. The van der Waals surface area contributed by atoms with Gasteiger partial charge in [0, 0.05) is 18.4 Å². The second-order valence-electron chi connectivity index (χ2n) is 4.63. The minimum Gasteiger partial charge on any atom is -0.454 e. The van der Waals surface area contributed by atoms with E-state index in [0.29, 0.717) is 10.6 Å². The van der Waals surface area contributed by atoms with E-state index in [2.05, 4.69) is 0 Å². The van der Waals surface area contributed by atoms with Crippen LogP contribution < -0.4 is 0 Å². The van der Waals surface area contributed by atoms with E-state index in [-0.39, 0.29) is 12.8 Å². The van der Waals surface area contributed by atoms with Gasteiger partial charge < -0.3 is 4.74 Å². The van der Waals surface area contributed by atoms with Gasteiger partial charge in [-0.1, -0.05) is 23.7 Å². The van der Waals surface area contributed by atoms with Crippen LogP contribution in [0.4, 0.5) is 8.78 Å². The van der Waals surface area contributed by atoms with E-state index in [0.717, 1.165) is 0 Å². The standard InChI is InChI=1S/C13H13ClF2O2/c1-9(17)18-12(6-7-13(15,16)8-12)10-2-4-11(14)5-3-10/h2-5H,6-8H2,1H3. The van der Waals surface area contributed by atoms with E-state index in [1.807, 2.05) is 0 Å². The molecule has 0 aliphatic heterocycles. The molecule has 1 aromatic rings. The molecule has 1 aliphatic rings. The lowest BCUT2D eigenvalue weighted by atomic mass is 9.91. The van der Waals surface area contributed by atoms with Gasteiger partial charge in [-0.05, 0) is 24.1 Å². The summed E-state index contributed by atoms with van der Waals surface area (Å²) in [6.07, 6.45) is -0.620. The Bertz CT molecular complexity index is 459. The molecular weight excluding hydrogens is 262 g/mol. The van der Waals surface area contributed by atoms with Crippen molar-refractivity contribution in [1.29, 1.82) is 0 Å². The zero-order valence-corrected chi connectivity index (χ0v) is 10.6. The highest BCUT2D eigenvalue weighted by Crippen LogP contribution is 2.49. The molecule has 2 rings (SSSR count). The van der Waals surface area contributed by atoms with Gasteiger partial charge in [0.1, 0.15) is 5.60 Å². The molecule has 1 aliphatic carbocycles. The van der Waals surface area contributed by atoms with Crippen molar-refractivity contribution in [1.82, 2.24) is 0 Å². The Morgan fingerprint density at radius 1 is 1.28 bits per heavy atom. The first-order chi connectivity index (χ1) is 8.33. The molecule has 0 aromatic heterocycles. The van der Waals surface area contributed by atoms with Gasteiger partial charge in [0.05, 0.1) is 6.42 Å². The summed E-state index contributed by atoms with van der Waals surface area (Å²) < 4.78 is 32.1. The normalized spacial score (nSPS) is 26.0. The third-order valence-electron chi connectivity index (χ3n) is 3.15. The van der Waals surface area contributed by atoms with Crippen LogP contribution in [-0.2, 0) is 15.1 Å². The molecule has 0 saturated heterocycles. The summed E-state index contributed by atoms with van der Waals surface area (Å²) in [5, 5.41) is 0.515. The predicted molar refractivity (Wildman–Crippen MR) is 63.7 cm³/mol. The number of esters is 1. The van der Waals surface area contributed by atoms with Gasteiger partial charge in [-0.25, -0.2) is 8.78 Å². The van der Waals surface area contributed by atoms with Crippen molar-refractivity contribution in [2.75, 3.05) is 0 Å². The van der Waals surface area contributed by atoms with Gasteiger partial charge in [0.25, 0.3) is 5.92 Å². The molecule has 0 spiro atoms. The number of alkyl halides is 2. The van der Waals surface area contributed by atoms with Crippen molar-refractivity contribution >= 4 is 17.6 Å². The zero-order chi connectivity index (χ0) is 13.4. The number of rotatable bonds is 2. The number of hydrogen-bond acceptors (Lipinski definition) is 2. The maximum atomic E-state index is 13.4. The number of ether oxygens (including phenoxy) is 1. The van der Waals surface area contributed by atoms with E-state index in [1.165, 1.54) is 6.92 Å². The second kappa shape index (κ2) is 4.50. The van der Waals surface area contributed by atoms with E-state index in [4.69, 9.17) is 16.3 Å². The average Bonchev–Trinajstić information content (AvgIpc) is 2.55. The molecule has 0 N–H and O–H groups in total. The molecule has 1 atom stereocenters. The SMILES string of the molecule is CC(=O)OC1(c2ccc(Cl)cc2)CCC(F)(F)C1. The van der Waals surface area contributed by atoms with Crippen LogP contribution in [0.3, 0.4) is 0 Å². The highest BCUT2D eigenvalue weighted by molar-refractivity contribution is 6.30. The van der Waals surface area contributed by atoms with Crippen LogP contribution in [0, 0.1) is 0 Å². The van der Waals surface area contributed by atoms with Crippen LogP contribution in [-0.4, -0.2) is 11.9 Å². The lowest BCUT2D eigenvalue weighted by molar-refractivity contribution is -0.160. The third kappa shape index (κ3) is 2.64. The summed E-state index contributed by atoms with van der Waals surface area (Å²) in [5.74, 6) is -3.35. The topological polar surface area (TPSA) is 26.3 Å². The molecule has 0 amide bonds. The Hall–Kier alpha value is -1.16. The first-order valence-electron chi connectivity index (χ1n) is 5.66. The van der Waals surface area contributed by atoms with Crippen LogP contribution in [0.25, 0.3) is 0 Å². The fourth-order valence-corrected chi connectivity index (χ4v) is 2.53. The highest BCUT2D eigenvalue weighted by Gasteiger charge is 2.52. The van der Waals surface area contributed by atoms with Crippen molar-refractivity contribution in [3.05, 3.63) is 34.9 Å². The average molecular weight is 275 g/mol. The fraction of sp³-hybridized carbons (Fsp3) is 0.462. The van der Waals surface area contributed by atoms with Gasteiger partial charge >= 0.3 is 5.97 Å². The Labute approximate surface area is 109 Å².